The summed E-state index contributed by atoms with van der Waals surface area (Å²) in [5, 5.41) is 0. The van der Waals surface area contributed by atoms with Gasteiger partial charge in [0.15, 0.2) is 5.75 Å². The molecular formula is C16H14O11S2. The Balaban J connectivity index is 2.92. The Morgan fingerprint density at radius 1 is 0.793 bits per heavy atom. The van der Waals surface area contributed by atoms with E-state index in [0.29, 0.717) is 0 Å². The molecule has 0 saturated heterocycles. The minimum absolute atomic E-state index is 0.480. The normalized spacial score (nSPS) is 11.6. The standard InChI is InChI=1S/C16H14O11S2/c1-25-15(17)9-7-8-12(29(22,23)24)14(13(9)16(18)26-2)27-10-5-3-4-6-11(10)28(19,20)21/h3-8H,1-2H3,(H,19,20,21)(H,22,23,24). The second kappa shape index (κ2) is 8.16. The number of hydrogen-bond acceptors (Lipinski definition) is 9. The van der Waals surface area contributed by atoms with Gasteiger partial charge in [-0.1, -0.05) is 12.1 Å². The fraction of sp³-hybridized carbons (Fsp3) is 0.125. The zero-order valence-corrected chi connectivity index (χ0v) is 16.5. The Hall–Kier alpha value is -3.00. The van der Waals surface area contributed by atoms with Crippen molar-refractivity contribution in [3.63, 3.8) is 0 Å². The lowest BCUT2D eigenvalue weighted by molar-refractivity contribution is 0.0552. The number of benzene rings is 2. The summed E-state index contributed by atoms with van der Waals surface area (Å²) in [4.78, 5) is 22.6. The van der Waals surface area contributed by atoms with Crippen molar-refractivity contribution in [2.45, 2.75) is 9.79 Å². The summed E-state index contributed by atoms with van der Waals surface area (Å²) in [5.41, 5.74) is -1.23. The molecule has 0 amide bonds. The Morgan fingerprint density at radius 2 is 1.34 bits per heavy atom. The molecule has 0 aliphatic heterocycles. The zero-order chi connectivity index (χ0) is 22.0. The minimum atomic E-state index is -5.01. The highest BCUT2D eigenvalue weighted by molar-refractivity contribution is 7.86. The third-order valence-corrected chi connectivity index (χ3v) is 5.30. The van der Waals surface area contributed by atoms with Crippen molar-refractivity contribution in [3.05, 3.63) is 47.5 Å². The lowest BCUT2D eigenvalue weighted by atomic mass is 10.1. The topological polar surface area (TPSA) is 171 Å². The van der Waals surface area contributed by atoms with Crippen molar-refractivity contribution in [1.82, 2.24) is 0 Å². The molecule has 0 saturated carbocycles. The van der Waals surface area contributed by atoms with Crippen molar-refractivity contribution in [1.29, 1.82) is 0 Å². The molecule has 2 N–H and O–H groups in total. The van der Waals surface area contributed by atoms with Crippen LogP contribution in [0.2, 0.25) is 0 Å². The largest absolute Gasteiger partial charge is 0.465 e. The van der Waals surface area contributed by atoms with Crippen molar-refractivity contribution in [2.75, 3.05) is 14.2 Å². The highest BCUT2D eigenvalue weighted by Gasteiger charge is 2.31. The van der Waals surface area contributed by atoms with Crippen LogP contribution in [0.4, 0.5) is 0 Å². The smallest absolute Gasteiger partial charge is 0.342 e. The predicted octanol–water partition coefficient (Wildman–Crippen LogP) is 1.55. The van der Waals surface area contributed by atoms with Gasteiger partial charge in [0.2, 0.25) is 0 Å². The van der Waals surface area contributed by atoms with Crippen LogP contribution in [0.3, 0.4) is 0 Å². The average molecular weight is 446 g/mol. The Labute approximate surface area is 165 Å². The first kappa shape index (κ1) is 22.3. The number of rotatable bonds is 6. The molecule has 0 spiro atoms. The lowest BCUT2D eigenvalue weighted by Gasteiger charge is -2.17. The van der Waals surface area contributed by atoms with Crippen molar-refractivity contribution in [2.24, 2.45) is 0 Å². The van der Waals surface area contributed by atoms with Gasteiger partial charge in [-0.25, -0.2) is 9.59 Å². The van der Waals surface area contributed by atoms with Gasteiger partial charge in [0.05, 0.1) is 19.8 Å². The van der Waals surface area contributed by atoms with Gasteiger partial charge in [-0.15, -0.1) is 0 Å². The predicted molar refractivity (Wildman–Crippen MR) is 95.3 cm³/mol. The van der Waals surface area contributed by atoms with Gasteiger partial charge in [0.25, 0.3) is 20.2 Å². The van der Waals surface area contributed by atoms with Crippen LogP contribution < -0.4 is 4.74 Å². The summed E-state index contributed by atoms with van der Waals surface area (Å²) < 4.78 is 79.9. The molecule has 13 heteroatoms. The SMILES string of the molecule is COC(=O)c1ccc(S(=O)(=O)O)c(Oc2ccccc2S(=O)(=O)O)c1C(=O)OC. The van der Waals surface area contributed by atoms with Gasteiger partial charge in [0.1, 0.15) is 21.1 Å². The van der Waals surface area contributed by atoms with Crippen LogP contribution in [0.15, 0.2) is 46.2 Å². The van der Waals surface area contributed by atoms with E-state index in [2.05, 4.69) is 9.47 Å². The number of esters is 2. The summed E-state index contributed by atoms with van der Waals surface area (Å²) in [6.45, 7) is 0. The molecule has 0 radical (unpaired) electrons. The molecule has 0 atom stereocenters. The second-order valence-electron chi connectivity index (χ2n) is 5.30. The first-order valence-electron chi connectivity index (χ1n) is 7.47. The molecule has 29 heavy (non-hydrogen) atoms. The van der Waals surface area contributed by atoms with Gasteiger partial charge in [-0.05, 0) is 24.3 Å². The maximum Gasteiger partial charge on any atom is 0.342 e. The number of carbonyl (C=O) groups excluding carboxylic acids is 2. The van der Waals surface area contributed by atoms with Crippen molar-refractivity contribution < 1.29 is 49.7 Å². The number of carbonyl (C=O) groups is 2. The summed E-state index contributed by atoms with van der Waals surface area (Å²) >= 11 is 0. The van der Waals surface area contributed by atoms with Gasteiger partial charge in [-0.2, -0.15) is 16.8 Å². The minimum Gasteiger partial charge on any atom is -0.465 e. The van der Waals surface area contributed by atoms with Gasteiger partial charge < -0.3 is 14.2 Å². The molecule has 0 aromatic heterocycles. The first-order valence-corrected chi connectivity index (χ1v) is 10.3. The van der Waals surface area contributed by atoms with Crippen LogP contribution in [-0.4, -0.2) is 52.1 Å². The molecule has 2 aromatic carbocycles. The highest BCUT2D eigenvalue weighted by Crippen LogP contribution is 2.37. The third-order valence-electron chi connectivity index (χ3n) is 3.53. The quantitative estimate of drug-likeness (QED) is 0.487. The maximum absolute atomic E-state index is 12.3. The summed E-state index contributed by atoms with van der Waals surface area (Å²) in [5.74, 6) is -3.80. The third kappa shape index (κ3) is 4.71. The van der Waals surface area contributed by atoms with Gasteiger partial charge in [-0.3, -0.25) is 9.11 Å². The molecule has 156 valence electrons. The maximum atomic E-state index is 12.3. The van der Waals surface area contributed by atoms with E-state index in [1.807, 2.05) is 0 Å². The fourth-order valence-electron chi connectivity index (χ4n) is 2.31. The number of methoxy groups -OCH3 is 2. The van der Waals surface area contributed by atoms with Crippen LogP contribution in [0.5, 0.6) is 11.5 Å². The molecule has 0 unspecified atom stereocenters. The van der Waals surface area contributed by atoms with E-state index in [4.69, 9.17) is 4.74 Å². The molecule has 0 fully saturated rings. The summed E-state index contributed by atoms with van der Waals surface area (Å²) in [7, 11) is -7.90. The van der Waals surface area contributed by atoms with E-state index in [9.17, 15) is 35.5 Å². The molecule has 2 aromatic rings. The van der Waals surface area contributed by atoms with E-state index in [1.165, 1.54) is 12.1 Å². The monoisotopic (exact) mass is 446 g/mol. The van der Waals surface area contributed by atoms with Gasteiger partial charge in [0, 0.05) is 0 Å². The van der Waals surface area contributed by atoms with Crippen LogP contribution in [0, 0.1) is 0 Å². The summed E-state index contributed by atoms with van der Waals surface area (Å²) in [6.07, 6.45) is 0. The second-order valence-corrected chi connectivity index (χ2v) is 8.08. The average Bonchev–Trinajstić information content (AvgIpc) is 2.65. The molecule has 11 nitrogen and oxygen atoms in total. The van der Waals surface area contributed by atoms with E-state index < -0.39 is 64.6 Å². The van der Waals surface area contributed by atoms with Crippen molar-refractivity contribution in [3.8, 4) is 11.5 Å². The van der Waals surface area contributed by atoms with Crippen LogP contribution in [0.25, 0.3) is 0 Å². The first-order chi connectivity index (χ1) is 13.4. The van der Waals surface area contributed by atoms with Crippen LogP contribution in [0.1, 0.15) is 20.7 Å². The van der Waals surface area contributed by atoms with Gasteiger partial charge >= 0.3 is 11.9 Å². The molecule has 0 aliphatic rings. The van der Waals surface area contributed by atoms with Crippen molar-refractivity contribution >= 4 is 32.2 Å². The zero-order valence-electron chi connectivity index (χ0n) is 14.8. The molecule has 0 heterocycles. The Bertz CT molecular complexity index is 1180. The fourth-order valence-corrected chi connectivity index (χ4v) is 3.54. The van der Waals surface area contributed by atoms with E-state index in [0.717, 1.165) is 38.5 Å². The summed E-state index contributed by atoms with van der Waals surface area (Å²) in [6, 6.07) is 6.15. The highest BCUT2D eigenvalue weighted by atomic mass is 32.2. The van der Waals surface area contributed by atoms with E-state index in [-0.39, 0.29) is 0 Å². The number of para-hydroxylation sites is 1. The molecular weight excluding hydrogens is 432 g/mol. The van der Waals surface area contributed by atoms with Crippen LogP contribution in [-0.2, 0) is 29.7 Å². The molecule has 0 bridgehead atoms. The van der Waals surface area contributed by atoms with E-state index in [1.54, 1.807) is 0 Å². The Morgan fingerprint density at radius 3 is 1.86 bits per heavy atom. The number of ether oxygens (including phenoxy) is 3. The van der Waals surface area contributed by atoms with Crippen LogP contribution >= 0.6 is 0 Å². The Kier molecular flexibility index (Phi) is 6.27. The van der Waals surface area contributed by atoms with E-state index >= 15 is 0 Å². The molecule has 0 aliphatic carbocycles. The lowest BCUT2D eigenvalue weighted by Crippen LogP contribution is -2.16. The number of hydrogen-bond donors (Lipinski definition) is 2. The molecule has 2 rings (SSSR count).